The molecule has 2 fully saturated rings. The van der Waals surface area contributed by atoms with E-state index in [1.54, 1.807) is 0 Å². The second-order valence-corrected chi connectivity index (χ2v) is 14.7. The summed E-state index contributed by atoms with van der Waals surface area (Å²) in [5, 5.41) is 21.7. The van der Waals surface area contributed by atoms with E-state index in [1.165, 1.54) is 55.4 Å². The van der Waals surface area contributed by atoms with Crippen molar-refractivity contribution in [2.45, 2.75) is 97.4 Å². The molecule has 260 valence electrons. The van der Waals surface area contributed by atoms with Gasteiger partial charge >= 0.3 is 24.0 Å². The number of nitrogens with zero attached hydrogens (tertiary/aromatic N) is 4. The third-order valence-corrected chi connectivity index (χ3v) is 10.2. The first-order chi connectivity index (χ1) is 21.3. The Labute approximate surface area is 274 Å². The van der Waals surface area contributed by atoms with Crippen molar-refractivity contribution < 1.29 is 48.3 Å². The smallest absolute Gasteiger partial charge is 0.325 e. The molecule has 2 aliphatic heterocycles. The fraction of sp³-hybridized carbons (Fsp3) is 0.862. The zero-order chi connectivity index (χ0) is 33.7. The van der Waals surface area contributed by atoms with Crippen LogP contribution in [0.15, 0.2) is 0 Å². The summed E-state index contributed by atoms with van der Waals surface area (Å²) in [4.78, 5) is 56.6. The van der Waals surface area contributed by atoms with Crippen LogP contribution >= 0.6 is 21.6 Å². The highest BCUT2D eigenvalue weighted by Gasteiger charge is 2.59. The van der Waals surface area contributed by atoms with Crippen LogP contribution in [0.25, 0.3) is 0 Å². The van der Waals surface area contributed by atoms with E-state index in [9.17, 15) is 29.4 Å². The summed E-state index contributed by atoms with van der Waals surface area (Å²) in [6, 6.07) is -0.886. The van der Waals surface area contributed by atoms with Gasteiger partial charge in [-0.2, -0.15) is 0 Å². The summed E-state index contributed by atoms with van der Waals surface area (Å²) in [7, 11) is 5.78. The van der Waals surface area contributed by atoms with Crippen LogP contribution in [0.4, 0.5) is 9.59 Å². The van der Waals surface area contributed by atoms with E-state index in [-0.39, 0.29) is 57.1 Å². The molecular formula is C29H52N4O10S2. The average Bonchev–Trinajstić information content (AvgIpc) is 3.39. The molecule has 2 N–H and O–H groups in total. The Morgan fingerprint density at radius 2 is 1.33 bits per heavy atom. The standard InChI is InChI=1S/C29H52N4O10S2/c1-8-20(3)43-24(37)11-13-45-44-12-10-23(36)42-17-22(35)16-31-26-25(32(18-40-6)28(31)39)30(27(38)33(26)19-41-7)15-21(34)14-29(4,5)9-2/h20-22,25-26,34-35H,8-19H2,1-7H3. The molecule has 0 saturated carbocycles. The number of aliphatic hydroxyl groups excluding tert-OH is 2. The number of β-amino-alcohol motifs (C(OH)–C–C–N with tert-alkyl or cyclic N) is 2. The maximum atomic E-state index is 13.5. The molecule has 0 aromatic carbocycles. The predicted molar refractivity (Wildman–Crippen MR) is 171 cm³/mol. The van der Waals surface area contributed by atoms with Gasteiger partial charge in [0.1, 0.15) is 26.2 Å². The molecule has 0 radical (unpaired) electrons. The van der Waals surface area contributed by atoms with Gasteiger partial charge in [-0.15, -0.1) is 0 Å². The van der Waals surface area contributed by atoms with Crippen LogP contribution in [0, 0.1) is 5.41 Å². The van der Waals surface area contributed by atoms with Gasteiger partial charge in [-0.25, -0.2) is 9.59 Å². The lowest BCUT2D eigenvalue weighted by Crippen LogP contribution is -2.50. The van der Waals surface area contributed by atoms with E-state index in [1.807, 2.05) is 34.6 Å². The largest absolute Gasteiger partial charge is 0.463 e. The van der Waals surface area contributed by atoms with Crippen molar-refractivity contribution in [3.05, 3.63) is 0 Å². The van der Waals surface area contributed by atoms with Gasteiger partial charge < -0.3 is 29.2 Å². The third kappa shape index (κ3) is 11.6. The minimum absolute atomic E-state index is 0.00356. The molecule has 0 aliphatic carbocycles. The fourth-order valence-electron chi connectivity index (χ4n) is 5.03. The molecule has 0 aromatic rings. The van der Waals surface area contributed by atoms with Crippen molar-refractivity contribution in [3.63, 3.8) is 0 Å². The van der Waals surface area contributed by atoms with Gasteiger partial charge in [-0.05, 0) is 25.2 Å². The molecule has 16 heteroatoms. The minimum Gasteiger partial charge on any atom is -0.463 e. The maximum Gasteiger partial charge on any atom is 0.325 e. The van der Waals surface area contributed by atoms with E-state index in [2.05, 4.69) is 0 Å². The molecular weight excluding hydrogens is 628 g/mol. The molecule has 0 aromatic heterocycles. The van der Waals surface area contributed by atoms with Crippen molar-refractivity contribution in [1.82, 2.24) is 19.6 Å². The number of amides is 4. The second-order valence-electron chi connectivity index (χ2n) is 12.0. The number of hydrogen-bond donors (Lipinski definition) is 2. The van der Waals surface area contributed by atoms with Crippen LogP contribution in [-0.4, -0.2) is 143 Å². The summed E-state index contributed by atoms with van der Waals surface area (Å²) in [6.45, 7) is 9.15. The fourth-order valence-corrected chi connectivity index (χ4v) is 6.97. The van der Waals surface area contributed by atoms with Crippen LogP contribution in [0.3, 0.4) is 0 Å². The quantitative estimate of drug-likeness (QED) is 0.0980. The van der Waals surface area contributed by atoms with Crippen LogP contribution in [-0.2, 0) is 28.5 Å². The predicted octanol–water partition coefficient (Wildman–Crippen LogP) is 2.92. The summed E-state index contributed by atoms with van der Waals surface area (Å²) in [5.41, 5.74) is -0.140. The van der Waals surface area contributed by atoms with Crippen molar-refractivity contribution in [2.24, 2.45) is 5.41 Å². The number of esters is 2. The molecule has 5 unspecified atom stereocenters. The Balaban J connectivity index is 1.94. The Hall–Kier alpha value is -1.98. The molecule has 0 spiro atoms. The molecule has 2 aliphatic rings. The first-order valence-corrected chi connectivity index (χ1v) is 17.9. The lowest BCUT2D eigenvalue weighted by molar-refractivity contribution is -0.148. The van der Waals surface area contributed by atoms with Crippen molar-refractivity contribution in [3.8, 4) is 0 Å². The van der Waals surface area contributed by atoms with Crippen molar-refractivity contribution in [1.29, 1.82) is 0 Å². The number of carbonyl (C=O) groups is 4. The summed E-state index contributed by atoms with van der Waals surface area (Å²) >= 11 is 0. The Morgan fingerprint density at radius 1 is 0.844 bits per heavy atom. The Bertz CT molecular complexity index is 973. The summed E-state index contributed by atoms with van der Waals surface area (Å²) in [6.07, 6.45) is -1.29. The summed E-state index contributed by atoms with van der Waals surface area (Å²) in [5.74, 6) is 0.283. The molecule has 2 heterocycles. The van der Waals surface area contributed by atoms with E-state index in [0.717, 1.165) is 12.8 Å². The van der Waals surface area contributed by atoms with Gasteiger partial charge in [0.05, 0.1) is 38.1 Å². The van der Waals surface area contributed by atoms with Gasteiger partial charge in [0, 0.05) is 25.7 Å². The second kappa shape index (κ2) is 19.0. The van der Waals surface area contributed by atoms with Gasteiger partial charge in [0.15, 0.2) is 12.3 Å². The zero-order valence-electron chi connectivity index (χ0n) is 27.6. The Kier molecular flexibility index (Phi) is 16.5. The average molecular weight is 681 g/mol. The third-order valence-electron chi connectivity index (χ3n) is 7.83. The van der Waals surface area contributed by atoms with Gasteiger partial charge in [-0.3, -0.25) is 29.2 Å². The first kappa shape index (κ1) is 39.2. The molecule has 14 nitrogen and oxygen atoms in total. The zero-order valence-corrected chi connectivity index (χ0v) is 29.3. The van der Waals surface area contributed by atoms with E-state index in [4.69, 9.17) is 18.9 Å². The number of ether oxygens (including phenoxy) is 4. The lowest BCUT2D eigenvalue weighted by Gasteiger charge is -2.32. The number of rotatable bonds is 22. The van der Waals surface area contributed by atoms with Crippen LogP contribution < -0.4 is 0 Å². The normalized spacial score (nSPS) is 20.5. The molecule has 45 heavy (non-hydrogen) atoms. The highest BCUT2D eigenvalue weighted by molar-refractivity contribution is 8.76. The monoisotopic (exact) mass is 680 g/mol. The van der Waals surface area contributed by atoms with E-state index in [0.29, 0.717) is 24.3 Å². The van der Waals surface area contributed by atoms with Gasteiger partial charge in [-0.1, -0.05) is 55.7 Å². The van der Waals surface area contributed by atoms with Crippen LogP contribution in [0.5, 0.6) is 0 Å². The number of carbonyl (C=O) groups excluding carboxylic acids is 4. The van der Waals surface area contributed by atoms with Crippen molar-refractivity contribution in [2.75, 3.05) is 58.9 Å². The van der Waals surface area contributed by atoms with Crippen LogP contribution in [0.1, 0.15) is 66.7 Å². The molecule has 4 amide bonds. The highest BCUT2D eigenvalue weighted by Crippen LogP contribution is 2.36. The number of hydrogen-bond acceptors (Lipinski definition) is 12. The maximum absolute atomic E-state index is 13.5. The van der Waals surface area contributed by atoms with E-state index < -0.39 is 42.6 Å². The van der Waals surface area contributed by atoms with Gasteiger partial charge in [0.25, 0.3) is 0 Å². The molecule has 2 rings (SSSR count). The summed E-state index contributed by atoms with van der Waals surface area (Å²) < 4.78 is 21.0. The highest BCUT2D eigenvalue weighted by atomic mass is 33.1. The SMILES string of the molecule is CCC(C)OC(=O)CCSSCCC(=O)OCC(O)CN1C(=O)N(COC)C2C1N(COC)C(=O)N2CC(O)CC(C)(C)CC. The molecule has 0 bridgehead atoms. The number of aliphatic hydroxyl groups is 2. The topological polar surface area (TPSA) is 159 Å². The first-order valence-electron chi connectivity index (χ1n) is 15.4. The van der Waals surface area contributed by atoms with Crippen molar-refractivity contribution >= 4 is 45.6 Å². The Morgan fingerprint density at radius 3 is 1.80 bits per heavy atom. The number of urea groups is 2. The number of fused-ring (bicyclic) bond motifs is 1. The lowest BCUT2D eigenvalue weighted by atomic mass is 9.84. The van der Waals surface area contributed by atoms with Crippen LogP contribution in [0.2, 0.25) is 0 Å². The molecule has 2 saturated heterocycles. The van der Waals surface area contributed by atoms with E-state index >= 15 is 0 Å². The molecule has 5 atom stereocenters. The van der Waals surface area contributed by atoms with Gasteiger partial charge in [0.2, 0.25) is 0 Å². The number of methoxy groups -OCH3 is 2. The minimum atomic E-state index is -1.22.